The molecule has 1 aromatic carbocycles. The van der Waals surface area contributed by atoms with Crippen LogP contribution in [0.3, 0.4) is 0 Å². The topological polar surface area (TPSA) is 46.2 Å². The fraction of sp³-hybridized carbons (Fsp3) is 0.273. The van der Waals surface area contributed by atoms with E-state index in [0.29, 0.717) is 23.0 Å². The number of nitrogens with one attached hydrogen (secondary N) is 1. The molecule has 0 heterocycles. The van der Waals surface area contributed by atoms with Gasteiger partial charge in [0.05, 0.1) is 4.90 Å². The molecule has 0 radical (unpaired) electrons. The zero-order valence-electron chi connectivity index (χ0n) is 9.28. The van der Waals surface area contributed by atoms with Crippen molar-refractivity contribution in [3.63, 3.8) is 0 Å². The number of hydrogen-bond donors (Lipinski definition) is 1. The molecule has 0 saturated carbocycles. The molecule has 0 aromatic heterocycles. The van der Waals surface area contributed by atoms with Crippen molar-refractivity contribution in [2.24, 2.45) is 0 Å². The van der Waals surface area contributed by atoms with Crippen LogP contribution in [0.4, 0.5) is 0 Å². The molecule has 94 valence electrons. The van der Waals surface area contributed by atoms with Crippen LogP contribution in [-0.4, -0.2) is 15.0 Å². The number of halogens is 2. The zero-order chi connectivity index (χ0) is 12.9. The standard InChI is InChI=1S/C11H13Cl2NO2S/c1-2-3-4-5-14-17(15,16)11-7-9(12)6-10(13)8-11/h2-3,6-8,14H,4-5H2,1H3/b3-2+. The summed E-state index contributed by atoms with van der Waals surface area (Å²) in [6, 6.07) is 4.22. The Morgan fingerprint density at radius 2 is 1.82 bits per heavy atom. The fourth-order valence-electron chi connectivity index (χ4n) is 1.21. The average Bonchev–Trinajstić information content (AvgIpc) is 2.23. The Labute approximate surface area is 111 Å². The van der Waals surface area contributed by atoms with E-state index in [-0.39, 0.29) is 4.90 Å². The van der Waals surface area contributed by atoms with Crippen LogP contribution >= 0.6 is 23.2 Å². The van der Waals surface area contributed by atoms with E-state index in [1.807, 2.05) is 19.1 Å². The summed E-state index contributed by atoms with van der Waals surface area (Å²) in [6.45, 7) is 2.22. The molecule has 1 rings (SSSR count). The maximum Gasteiger partial charge on any atom is 0.240 e. The van der Waals surface area contributed by atoms with Gasteiger partial charge >= 0.3 is 0 Å². The third-order valence-corrected chi connectivity index (χ3v) is 3.86. The highest BCUT2D eigenvalue weighted by Gasteiger charge is 2.14. The van der Waals surface area contributed by atoms with Crippen molar-refractivity contribution < 1.29 is 8.42 Å². The second-order valence-electron chi connectivity index (χ2n) is 3.36. The van der Waals surface area contributed by atoms with Gasteiger partial charge in [0.15, 0.2) is 0 Å². The molecular formula is C11H13Cl2NO2S. The summed E-state index contributed by atoms with van der Waals surface area (Å²) < 4.78 is 26.2. The molecular weight excluding hydrogens is 281 g/mol. The highest BCUT2D eigenvalue weighted by atomic mass is 35.5. The summed E-state index contributed by atoms with van der Waals surface area (Å²) in [5.74, 6) is 0. The van der Waals surface area contributed by atoms with Crippen molar-refractivity contribution in [1.82, 2.24) is 4.72 Å². The van der Waals surface area contributed by atoms with Gasteiger partial charge in [-0.05, 0) is 31.5 Å². The summed E-state index contributed by atoms with van der Waals surface area (Å²) in [6.07, 6.45) is 4.39. The molecule has 0 spiro atoms. The molecule has 0 fully saturated rings. The summed E-state index contributed by atoms with van der Waals surface area (Å²) in [7, 11) is -3.54. The minimum atomic E-state index is -3.54. The quantitative estimate of drug-likeness (QED) is 0.669. The van der Waals surface area contributed by atoms with E-state index in [9.17, 15) is 8.42 Å². The third-order valence-electron chi connectivity index (χ3n) is 1.99. The van der Waals surface area contributed by atoms with Crippen LogP contribution in [0, 0.1) is 0 Å². The van der Waals surface area contributed by atoms with Crippen molar-refractivity contribution in [3.05, 3.63) is 40.4 Å². The van der Waals surface area contributed by atoms with Crippen LogP contribution in [-0.2, 0) is 10.0 Å². The number of allylic oxidation sites excluding steroid dienone is 1. The van der Waals surface area contributed by atoms with Gasteiger partial charge in [0.25, 0.3) is 0 Å². The minimum Gasteiger partial charge on any atom is -0.211 e. The van der Waals surface area contributed by atoms with Crippen LogP contribution in [0.5, 0.6) is 0 Å². The maximum atomic E-state index is 11.8. The monoisotopic (exact) mass is 293 g/mol. The lowest BCUT2D eigenvalue weighted by atomic mass is 10.4. The lowest BCUT2D eigenvalue weighted by molar-refractivity contribution is 0.582. The first-order chi connectivity index (χ1) is 7.95. The average molecular weight is 294 g/mol. The van der Waals surface area contributed by atoms with E-state index >= 15 is 0 Å². The van der Waals surface area contributed by atoms with Crippen LogP contribution in [0.25, 0.3) is 0 Å². The molecule has 0 bridgehead atoms. The number of benzene rings is 1. The van der Waals surface area contributed by atoms with Crippen molar-refractivity contribution in [3.8, 4) is 0 Å². The van der Waals surface area contributed by atoms with Crippen molar-refractivity contribution in [2.75, 3.05) is 6.54 Å². The normalized spacial score (nSPS) is 12.2. The summed E-state index contributed by atoms with van der Waals surface area (Å²) >= 11 is 11.5. The smallest absolute Gasteiger partial charge is 0.211 e. The number of hydrogen-bond acceptors (Lipinski definition) is 2. The van der Waals surface area contributed by atoms with Crippen molar-refractivity contribution >= 4 is 33.2 Å². The van der Waals surface area contributed by atoms with Gasteiger partial charge in [0.2, 0.25) is 10.0 Å². The predicted octanol–water partition coefficient (Wildman–Crippen LogP) is 3.24. The lowest BCUT2D eigenvalue weighted by Gasteiger charge is -2.06. The Kier molecular flexibility index (Phi) is 5.46. The molecule has 17 heavy (non-hydrogen) atoms. The second kappa shape index (κ2) is 6.40. The van der Waals surface area contributed by atoms with Gasteiger partial charge in [-0.3, -0.25) is 0 Å². The third kappa shape index (κ3) is 4.68. The van der Waals surface area contributed by atoms with Gasteiger partial charge in [0, 0.05) is 16.6 Å². The summed E-state index contributed by atoms with van der Waals surface area (Å²) in [5.41, 5.74) is 0. The molecule has 1 N–H and O–H groups in total. The van der Waals surface area contributed by atoms with E-state index in [1.165, 1.54) is 18.2 Å². The van der Waals surface area contributed by atoms with Crippen LogP contribution in [0.1, 0.15) is 13.3 Å². The molecule has 0 amide bonds. The largest absolute Gasteiger partial charge is 0.240 e. The fourth-order valence-corrected chi connectivity index (χ4v) is 2.98. The number of rotatable bonds is 5. The Morgan fingerprint density at radius 1 is 1.24 bits per heavy atom. The molecule has 0 aliphatic carbocycles. The molecule has 0 aliphatic rings. The SMILES string of the molecule is C/C=C/CCNS(=O)(=O)c1cc(Cl)cc(Cl)c1. The van der Waals surface area contributed by atoms with Gasteiger partial charge in [-0.1, -0.05) is 35.4 Å². The lowest BCUT2D eigenvalue weighted by Crippen LogP contribution is -2.24. The summed E-state index contributed by atoms with van der Waals surface area (Å²) in [5, 5.41) is 0.595. The molecule has 1 aromatic rings. The van der Waals surface area contributed by atoms with Crippen LogP contribution < -0.4 is 4.72 Å². The first kappa shape index (κ1) is 14.5. The zero-order valence-corrected chi connectivity index (χ0v) is 11.6. The Balaban J connectivity index is 2.82. The molecule has 0 aliphatic heterocycles. The Hall–Kier alpha value is -0.550. The summed E-state index contributed by atoms with van der Waals surface area (Å²) in [4.78, 5) is 0.0791. The first-order valence-electron chi connectivity index (χ1n) is 5.02. The molecule has 0 unspecified atom stereocenters. The van der Waals surface area contributed by atoms with Crippen molar-refractivity contribution in [2.45, 2.75) is 18.2 Å². The molecule has 3 nitrogen and oxygen atoms in total. The molecule has 6 heteroatoms. The van der Waals surface area contributed by atoms with E-state index in [4.69, 9.17) is 23.2 Å². The van der Waals surface area contributed by atoms with Crippen LogP contribution in [0.15, 0.2) is 35.2 Å². The predicted molar refractivity (Wildman–Crippen MR) is 71.1 cm³/mol. The second-order valence-corrected chi connectivity index (χ2v) is 6.00. The van der Waals surface area contributed by atoms with Gasteiger partial charge in [-0.15, -0.1) is 0 Å². The van der Waals surface area contributed by atoms with Gasteiger partial charge in [0.1, 0.15) is 0 Å². The first-order valence-corrected chi connectivity index (χ1v) is 7.26. The highest BCUT2D eigenvalue weighted by Crippen LogP contribution is 2.22. The number of sulfonamides is 1. The van der Waals surface area contributed by atoms with Crippen LogP contribution in [0.2, 0.25) is 10.0 Å². The van der Waals surface area contributed by atoms with Crippen molar-refractivity contribution in [1.29, 1.82) is 0 Å². The van der Waals surface area contributed by atoms with E-state index in [2.05, 4.69) is 4.72 Å². The Bertz CT molecular complexity index is 492. The molecule has 0 saturated heterocycles. The highest BCUT2D eigenvalue weighted by molar-refractivity contribution is 7.89. The van der Waals surface area contributed by atoms with Gasteiger partial charge in [-0.2, -0.15) is 0 Å². The van der Waals surface area contributed by atoms with Gasteiger partial charge in [-0.25, -0.2) is 13.1 Å². The van der Waals surface area contributed by atoms with E-state index in [0.717, 1.165) is 0 Å². The molecule has 0 atom stereocenters. The minimum absolute atomic E-state index is 0.0791. The Morgan fingerprint density at radius 3 is 2.35 bits per heavy atom. The van der Waals surface area contributed by atoms with Gasteiger partial charge < -0.3 is 0 Å². The van der Waals surface area contributed by atoms with E-state index in [1.54, 1.807) is 0 Å². The van der Waals surface area contributed by atoms with E-state index < -0.39 is 10.0 Å². The maximum absolute atomic E-state index is 11.8.